The molecule has 5 heteroatoms. The van der Waals surface area contributed by atoms with Gasteiger partial charge in [0.15, 0.2) is 5.96 Å². The van der Waals surface area contributed by atoms with Crippen LogP contribution in [0.3, 0.4) is 0 Å². The molecule has 24 heavy (non-hydrogen) atoms. The summed E-state index contributed by atoms with van der Waals surface area (Å²) < 4.78 is 1.88. The zero-order valence-electron chi connectivity index (χ0n) is 14.7. The average Bonchev–Trinajstić information content (AvgIpc) is 3.22. The predicted molar refractivity (Wildman–Crippen MR) is 97.8 cm³/mol. The number of hydrogen-bond acceptors (Lipinski definition) is 2. The van der Waals surface area contributed by atoms with Crippen LogP contribution in [-0.2, 0) is 20.0 Å². The molecule has 1 aromatic heterocycles. The number of aryl methyl sites for hydroxylation is 1. The maximum absolute atomic E-state index is 4.81. The molecule has 1 N–H and O–H groups in total. The molecule has 0 amide bonds. The van der Waals surface area contributed by atoms with Crippen molar-refractivity contribution in [3.05, 3.63) is 53.9 Å². The van der Waals surface area contributed by atoms with Gasteiger partial charge >= 0.3 is 0 Å². The van der Waals surface area contributed by atoms with Crippen molar-refractivity contribution >= 4 is 5.96 Å². The second-order valence-electron chi connectivity index (χ2n) is 6.41. The second-order valence-corrected chi connectivity index (χ2v) is 6.41. The number of nitrogens with zero attached hydrogens (tertiary/aromatic N) is 4. The van der Waals surface area contributed by atoms with E-state index in [-0.39, 0.29) is 0 Å². The van der Waals surface area contributed by atoms with Gasteiger partial charge in [-0.2, -0.15) is 5.10 Å². The second kappa shape index (κ2) is 7.99. The molecule has 0 bridgehead atoms. The van der Waals surface area contributed by atoms with Crippen molar-refractivity contribution in [3.8, 4) is 0 Å². The number of aromatic nitrogens is 2. The molecule has 3 rings (SSSR count). The Morgan fingerprint density at radius 1 is 1.29 bits per heavy atom. The van der Waals surface area contributed by atoms with Gasteiger partial charge in [-0.1, -0.05) is 30.3 Å². The standard InChI is InChI=1S/C19H27N5/c1-3-20-19(21-14-18-9-11-22-23(18)2)24-12-10-17(15-24)13-16-7-5-4-6-8-16/h4-9,11,17H,3,10,12-15H2,1-2H3,(H,20,21). The van der Waals surface area contributed by atoms with E-state index in [0.717, 1.165) is 37.7 Å². The number of aliphatic imine (C=N–C) groups is 1. The van der Waals surface area contributed by atoms with Crippen molar-refractivity contribution in [2.24, 2.45) is 18.0 Å². The van der Waals surface area contributed by atoms with Gasteiger partial charge in [0.25, 0.3) is 0 Å². The van der Waals surface area contributed by atoms with Gasteiger partial charge in [-0.05, 0) is 37.3 Å². The van der Waals surface area contributed by atoms with Gasteiger partial charge < -0.3 is 10.2 Å². The number of benzene rings is 1. The van der Waals surface area contributed by atoms with Gasteiger partial charge in [-0.15, -0.1) is 0 Å². The van der Waals surface area contributed by atoms with Crippen LogP contribution < -0.4 is 5.32 Å². The first-order valence-corrected chi connectivity index (χ1v) is 8.80. The molecule has 2 aromatic rings. The van der Waals surface area contributed by atoms with Crippen LogP contribution in [0, 0.1) is 5.92 Å². The minimum absolute atomic E-state index is 0.665. The third kappa shape index (κ3) is 4.16. The summed E-state index contributed by atoms with van der Waals surface area (Å²) in [5.74, 6) is 1.72. The summed E-state index contributed by atoms with van der Waals surface area (Å²) in [6.07, 6.45) is 4.20. The Kier molecular flexibility index (Phi) is 5.51. The highest BCUT2D eigenvalue weighted by Crippen LogP contribution is 2.21. The molecule has 0 radical (unpaired) electrons. The van der Waals surface area contributed by atoms with Crippen molar-refractivity contribution in [3.63, 3.8) is 0 Å². The van der Waals surface area contributed by atoms with Crippen LogP contribution in [0.4, 0.5) is 0 Å². The quantitative estimate of drug-likeness (QED) is 0.678. The van der Waals surface area contributed by atoms with E-state index in [4.69, 9.17) is 4.99 Å². The summed E-state index contributed by atoms with van der Waals surface area (Å²) in [6, 6.07) is 12.8. The van der Waals surface area contributed by atoms with Gasteiger partial charge in [-0.3, -0.25) is 4.68 Å². The molecule has 1 saturated heterocycles. The van der Waals surface area contributed by atoms with E-state index in [0.29, 0.717) is 12.5 Å². The highest BCUT2D eigenvalue weighted by molar-refractivity contribution is 5.80. The van der Waals surface area contributed by atoms with Gasteiger partial charge in [0.1, 0.15) is 0 Å². The summed E-state index contributed by atoms with van der Waals surface area (Å²) >= 11 is 0. The largest absolute Gasteiger partial charge is 0.357 e. The molecule has 0 saturated carbocycles. The Hall–Kier alpha value is -2.30. The Balaban J connectivity index is 1.61. The van der Waals surface area contributed by atoms with Crippen LogP contribution in [0.15, 0.2) is 47.6 Å². The summed E-state index contributed by atoms with van der Waals surface area (Å²) in [4.78, 5) is 7.21. The zero-order chi connectivity index (χ0) is 16.8. The Labute approximate surface area is 144 Å². The van der Waals surface area contributed by atoms with Gasteiger partial charge in [0.05, 0.1) is 12.2 Å². The van der Waals surface area contributed by atoms with Crippen molar-refractivity contribution in [1.82, 2.24) is 20.0 Å². The number of hydrogen-bond donors (Lipinski definition) is 1. The lowest BCUT2D eigenvalue weighted by atomic mass is 9.99. The molecule has 1 aliphatic heterocycles. The van der Waals surface area contributed by atoms with E-state index in [2.05, 4.69) is 52.6 Å². The summed E-state index contributed by atoms with van der Waals surface area (Å²) in [5, 5.41) is 7.65. The van der Waals surface area contributed by atoms with Crippen molar-refractivity contribution in [1.29, 1.82) is 0 Å². The average molecular weight is 325 g/mol. The molecule has 2 heterocycles. The summed E-state index contributed by atoms with van der Waals surface area (Å²) in [6.45, 7) is 5.83. The minimum atomic E-state index is 0.665. The first-order chi connectivity index (χ1) is 11.8. The third-order valence-electron chi connectivity index (χ3n) is 4.60. The third-order valence-corrected chi connectivity index (χ3v) is 4.60. The fourth-order valence-electron chi connectivity index (χ4n) is 3.28. The van der Waals surface area contributed by atoms with E-state index in [1.54, 1.807) is 0 Å². The number of guanidine groups is 1. The molecule has 0 aliphatic carbocycles. The van der Waals surface area contributed by atoms with Crippen LogP contribution in [0.1, 0.15) is 24.6 Å². The minimum Gasteiger partial charge on any atom is -0.357 e. The Morgan fingerprint density at radius 3 is 2.83 bits per heavy atom. The van der Waals surface area contributed by atoms with Crippen LogP contribution >= 0.6 is 0 Å². The SMILES string of the molecule is CCNC(=NCc1ccnn1C)N1CCC(Cc2ccccc2)C1. The number of likely N-dealkylation sites (tertiary alicyclic amines) is 1. The predicted octanol–water partition coefficient (Wildman–Crippen LogP) is 2.45. The van der Waals surface area contributed by atoms with Crippen LogP contribution in [0.2, 0.25) is 0 Å². The number of rotatable bonds is 5. The van der Waals surface area contributed by atoms with Crippen molar-refractivity contribution in [2.45, 2.75) is 26.3 Å². The molecule has 5 nitrogen and oxygen atoms in total. The maximum Gasteiger partial charge on any atom is 0.194 e. The Bertz CT molecular complexity index is 661. The lowest BCUT2D eigenvalue weighted by Crippen LogP contribution is -2.40. The van der Waals surface area contributed by atoms with Crippen molar-refractivity contribution < 1.29 is 0 Å². The van der Waals surface area contributed by atoms with Gasteiger partial charge in [0.2, 0.25) is 0 Å². The van der Waals surface area contributed by atoms with E-state index in [9.17, 15) is 0 Å². The van der Waals surface area contributed by atoms with E-state index < -0.39 is 0 Å². The molecule has 128 valence electrons. The summed E-state index contributed by atoms with van der Waals surface area (Å²) in [7, 11) is 1.96. The maximum atomic E-state index is 4.81. The number of nitrogens with one attached hydrogen (secondary N) is 1. The van der Waals surface area contributed by atoms with E-state index in [1.807, 2.05) is 24.0 Å². The summed E-state index contributed by atoms with van der Waals surface area (Å²) in [5.41, 5.74) is 2.56. The lowest BCUT2D eigenvalue weighted by Gasteiger charge is -2.21. The fourth-order valence-corrected chi connectivity index (χ4v) is 3.28. The van der Waals surface area contributed by atoms with Gasteiger partial charge in [0, 0.05) is 32.9 Å². The van der Waals surface area contributed by atoms with E-state index in [1.165, 1.54) is 12.0 Å². The zero-order valence-corrected chi connectivity index (χ0v) is 14.7. The highest BCUT2D eigenvalue weighted by Gasteiger charge is 2.24. The first-order valence-electron chi connectivity index (χ1n) is 8.80. The molecule has 1 aliphatic rings. The monoisotopic (exact) mass is 325 g/mol. The topological polar surface area (TPSA) is 45.5 Å². The molecule has 1 unspecified atom stereocenters. The van der Waals surface area contributed by atoms with Crippen LogP contribution in [0.5, 0.6) is 0 Å². The fraction of sp³-hybridized carbons (Fsp3) is 0.474. The molecule has 1 atom stereocenters. The van der Waals surface area contributed by atoms with Gasteiger partial charge in [-0.25, -0.2) is 4.99 Å². The lowest BCUT2D eigenvalue weighted by molar-refractivity contribution is 0.459. The normalized spacial score (nSPS) is 18.2. The van der Waals surface area contributed by atoms with E-state index >= 15 is 0 Å². The highest BCUT2D eigenvalue weighted by atomic mass is 15.3. The molecule has 1 fully saturated rings. The first kappa shape index (κ1) is 16.6. The Morgan fingerprint density at radius 2 is 2.12 bits per heavy atom. The molecule has 1 aromatic carbocycles. The molecular weight excluding hydrogens is 298 g/mol. The van der Waals surface area contributed by atoms with Crippen molar-refractivity contribution in [2.75, 3.05) is 19.6 Å². The molecule has 0 spiro atoms. The van der Waals surface area contributed by atoms with Crippen LogP contribution in [0.25, 0.3) is 0 Å². The molecular formula is C19H27N5. The van der Waals surface area contributed by atoms with Crippen LogP contribution in [-0.4, -0.2) is 40.3 Å². The smallest absolute Gasteiger partial charge is 0.194 e.